The van der Waals surface area contributed by atoms with Crippen molar-refractivity contribution in [2.24, 2.45) is 0 Å². The summed E-state index contributed by atoms with van der Waals surface area (Å²) in [6.07, 6.45) is 3.17. The first-order valence-electron chi connectivity index (χ1n) is 6.83. The van der Waals surface area contributed by atoms with Gasteiger partial charge in [-0.15, -0.1) is 0 Å². The molecular weight excluding hydrogens is 279 g/mol. The second-order valence-corrected chi connectivity index (χ2v) is 5.01. The first-order chi connectivity index (χ1) is 10.1. The van der Waals surface area contributed by atoms with Crippen LogP contribution in [-0.4, -0.2) is 59.0 Å². The third-order valence-corrected chi connectivity index (χ3v) is 3.59. The molecule has 2 aliphatic heterocycles. The van der Waals surface area contributed by atoms with Crippen molar-refractivity contribution in [1.82, 2.24) is 14.9 Å². The van der Waals surface area contributed by atoms with Crippen molar-refractivity contribution >= 4 is 17.8 Å². The van der Waals surface area contributed by atoms with E-state index in [0.717, 1.165) is 18.8 Å². The number of anilines is 1. The zero-order valence-electron chi connectivity index (χ0n) is 11.4. The van der Waals surface area contributed by atoms with Crippen molar-refractivity contribution in [1.29, 1.82) is 0 Å². The molecule has 0 radical (unpaired) electrons. The van der Waals surface area contributed by atoms with Crippen molar-refractivity contribution in [3.63, 3.8) is 0 Å². The highest BCUT2D eigenvalue weighted by atomic mass is 19.1. The van der Waals surface area contributed by atoms with Crippen molar-refractivity contribution < 1.29 is 18.7 Å². The molecule has 0 N–H and O–H groups in total. The van der Waals surface area contributed by atoms with Gasteiger partial charge in [0.25, 0.3) is 5.91 Å². The first kappa shape index (κ1) is 13.9. The molecule has 1 unspecified atom stereocenters. The summed E-state index contributed by atoms with van der Waals surface area (Å²) in [5, 5.41) is 0. The molecule has 0 aliphatic carbocycles. The van der Waals surface area contributed by atoms with Gasteiger partial charge in [-0.1, -0.05) is 0 Å². The van der Waals surface area contributed by atoms with E-state index in [-0.39, 0.29) is 24.3 Å². The van der Waals surface area contributed by atoms with Crippen LogP contribution in [0.25, 0.3) is 0 Å². The van der Waals surface area contributed by atoms with Crippen LogP contribution in [0.1, 0.15) is 12.8 Å². The predicted octanol–water partition coefficient (Wildman–Crippen LogP) is -0.0301. The number of amides is 2. The average molecular weight is 294 g/mol. The third kappa shape index (κ3) is 2.85. The van der Waals surface area contributed by atoms with Gasteiger partial charge in [-0.05, 0) is 12.8 Å². The van der Waals surface area contributed by atoms with E-state index in [9.17, 15) is 14.0 Å². The second kappa shape index (κ2) is 5.72. The summed E-state index contributed by atoms with van der Waals surface area (Å²) in [6.45, 7) is 1.25. The van der Waals surface area contributed by atoms with Crippen LogP contribution in [0, 0.1) is 5.82 Å². The number of nitrogens with zero attached hydrogens (tertiary/aromatic N) is 4. The highest BCUT2D eigenvalue weighted by Crippen LogP contribution is 2.17. The van der Waals surface area contributed by atoms with Gasteiger partial charge in [-0.2, -0.15) is 0 Å². The van der Waals surface area contributed by atoms with E-state index in [1.165, 1.54) is 9.80 Å². The summed E-state index contributed by atoms with van der Waals surface area (Å²) < 4.78 is 18.1. The van der Waals surface area contributed by atoms with E-state index < -0.39 is 11.9 Å². The molecule has 0 saturated carbocycles. The first-order valence-corrected chi connectivity index (χ1v) is 6.83. The van der Waals surface area contributed by atoms with Crippen LogP contribution in [0.15, 0.2) is 12.4 Å². The Labute approximate surface area is 120 Å². The maximum absolute atomic E-state index is 12.8. The maximum Gasteiger partial charge on any atom is 0.252 e. The van der Waals surface area contributed by atoms with Crippen LogP contribution in [0.5, 0.6) is 0 Å². The molecule has 3 rings (SSSR count). The monoisotopic (exact) mass is 294 g/mol. The van der Waals surface area contributed by atoms with E-state index >= 15 is 0 Å². The van der Waals surface area contributed by atoms with Crippen LogP contribution in [0.4, 0.5) is 10.3 Å². The molecule has 8 heteroatoms. The van der Waals surface area contributed by atoms with Gasteiger partial charge in [0.15, 0.2) is 5.82 Å². The number of ether oxygens (including phenoxy) is 1. The molecule has 3 heterocycles. The molecule has 2 aliphatic rings. The Morgan fingerprint density at radius 1 is 1.33 bits per heavy atom. The number of aromatic nitrogens is 2. The fourth-order valence-electron chi connectivity index (χ4n) is 2.49. The highest BCUT2D eigenvalue weighted by Gasteiger charge is 2.34. The molecule has 112 valence electrons. The van der Waals surface area contributed by atoms with E-state index in [1.54, 1.807) is 0 Å². The summed E-state index contributed by atoms with van der Waals surface area (Å²) >= 11 is 0. The molecule has 0 bridgehead atoms. The number of carbonyl (C=O) groups excluding carboxylic acids is 2. The Bertz CT molecular complexity index is 545. The maximum atomic E-state index is 12.8. The minimum atomic E-state index is -0.557. The summed E-state index contributed by atoms with van der Waals surface area (Å²) in [5.41, 5.74) is 0. The summed E-state index contributed by atoms with van der Waals surface area (Å²) in [4.78, 5) is 34.7. The van der Waals surface area contributed by atoms with Crippen LogP contribution in [-0.2, 0) is 14.3 Å². The number of hydrogen-bond donors (Lipinski definition) is 0. The zero-order valence-corrected chi connectivity index (χ0v) is 11.4. The summed E-state index contributed by atoms with van der Waals surface area (Å²) in [6, 6.07) is 0. The molecule has 2 fully saturated rings. The van der Waals surface area contributed by atoms with Gasteiger partial charge in [0, 0.05) is 19.7 Å². The molecule has 21 heavy (non-hydrogen) atoms. The van der Waals surface area contributed by atoms with Crippen molar-refractivity contribution in [3.05, 3.63) is 18.2 Å². The smallest absolute Gasteiger partial charge is 0.252 e. The fourth-order valence-corrected chi connectivity index (χ4v) is 2.49. The predicted molar refractivity (Wildman–Crippen MR) is 69.9 cm³/mol. The van der Waals surface area contributed by atoms with Crippen molar-refractivity contribution in [2.75, 3.05) is 31.1 Å². The second-order valence-electron chi connectivity index (χ2n) is 5.01. The number of rotatable bonds is 2. The van der Waals surface area contributed by atoms with Gasteiger partial charge in [0.05, 0.1) is 12.4 Å². The third-order valence-electron chi connectivity index (χ3n) is 3.59. The zero-order chi connectivity index (χ0) is 14.8. The molecule has 1 aromatic rings. The average Bonchev–Trinajstić information content (AvgIpc) is 3.02. The molecule has 0 spiro atoms. The van der Waals surface area contributed by atoms with Crippen LogP contribution in [0.3, 0.4) is 0 Å². The van der Waals surface area contributed by atoms with Crippen LogP contribution in [0.2, 0.25) is 0 Å². The molecule has 0 aromatic carbocycles. The van der Waals surface area contributed by atoms with E-state index in [2.05, 4.69) is 9.97 Å². The van der Waals surface area contributed by atoms with E-state index in [0.29, 0.717) is 26.1 Å². The quantitative estimate of drug-likeness (QED) is 0.765. The normalized spacial score (nSPS) is 22.7. The Kier molecular flexibility index (Phi) is 3.78. The van der Waals surface area contributed by atoms with Gasteiger partial charge in [0.1, 0.15) is 12.6 Å². The molecule has 1 atom stereocenters. The van der Waals surface area contributed by atoms with Gasteiger partial charge in [-0.25, -0.2) is 14.4 Å². The van der Waals surface area contributed by atoms with Gasteiger partial charge in [0.2, 0.25) is 11.9 Å². The lowest BCUT2D eigenvalue weighted by molar-refractivity contribution is -0.144. The largest absolute Gasteiger partial charge is 0.368 e. The topological polar surface area (TPSA) is 75.6 Å². The van der Waals surface area contributed by atoms with Crippen LogP contribution >= 0.6 is 0 Å². The Morgan fingerprint density at radius 3 is 2.71 bits per heavy atom. The van der Waals surface area contributed by atoms with E-state index in [1.807, 2.05) is 0 Å². The van der Waals surface area contributed by atoms with Gasteiger partial charge >= 0.3 is 0 Å². The van der Waals surface area contributed by atoms with Crippen molar-refractivity contribution in [3.8, 4) is 0 Å². The van der Waals surface area contributed by atoms with Crippen LogP contribution < -0.4 is 4.90 Å². The van der Waals surface area contributed by atoms with Gasteiger partial charge in [-0.3, -0.25) is 14.5 Å². The minimum absolute atomic E-state index is 0.0283. The lowest BCUT2D eigenvalue weighted by Crippen LogP contribution is -2.54. The fraction of sp³-hybridized carbons (Fsp3) is 0.538. The molecule has 1 aromatic heterocycles. The Morgan fingerprint density at radius 2 is 2.10 bits per heavy atom. The summed E-state index contributed by atoms with van der Waals surface area (Å²) in [5.74, 6) is -0.816. The molecule has 7 nitrogen and oxygen atoms in total. The lowest BCUT2D eigenvalue weighted by atomic mass is 10.2. The minimum Gasteiger partial charge on any atom is -0.368 e. The standard InChI is InChI=1S/C13H15FN4O3/c14-9-6-15-13(16-7-9)18-4-3-17(8-11(18)19)12(20)10-2-1-5-21-10/h6-7,10H,1-5,8H2. The Balaban J connectivity index is 1.65. The number of halogens is 1. The number of piperazine rings is 1. The lowest BCUT2D eigenvalue weighted by Gasteiger charge is -2.34. The number of carbonyl (C=O) groups is 2. The van der Waals surface area contributed by atoms with Gasteiger partial charge < -0.3 is 9.64 Å². The molecule has 2 amide bonds. The SMILES string of the molecule is O=C(C1CCCO1)N1CCN(c2ncc(F)cn2)C(=O)C1. The highest BCUT2D eigenvalue weighted by molar-refractivity contribution is 5.97. The van der Waals surface area contributed by atoms with Crippen molar-refractivity contribution in [2.45, 2.75) is 18.9 Å². The van der Waals surface area contributed by atoms with E-state index in [4.69, 9.17) is 4.74 Å². The number of hydrogen-bond acceptors (Lipinski definition) is 5. The summed E-state index contributed by atoms with van der Waals surface area (Å²) in [7, 11) is 0. The molecular formula is C13H15FN4O3. The molecule has 2 saturated heterocycles. The Hall–Kier alpha value is -2.09.